The molecular formula is C54H39N5. The molecule has 0 spiro atoms. The van der Waals surface area contributed by atoms with E-state index >= 15 is 0 Å². The summed E-state index contributed by atoms with van der Waals surface area (Å²) in [5, 5.41) is 4.96. The van der Waals surface area contributed by atoms with Gasteiger partial charge in [0.2, 0.25) is 0 Å². The molecule has 4 heterocycles. The van der Waals surface area contributed by atoms with Gasteiger partial charge >= 0.3 is 0 Å². The van der Waals surface area contributed by atoms with Crippen molar-refractivity contribution in [3.8, 4) is 33.6 Å². The highest BCUT2D eigenvalue weighted by molar-refractivity contribution is 6.11. The molecule has 11 aromatic rings. The second-order valence-electron chi connectivity index (χ2n) is 15.4. The third-order valence-corrected chi connectivity index (χ3v) is 11.6. The maximum atomic E-state index is 4.25. The first kappa shape index (κ1) is 34.5. The molecule has 0 unspecified atom stereocenters. The molecule has 0 aliphatic heterocycles. The van der Waals surface area contributed by atoms with Gasteiger partial charge in [0.15, 0.2) is 0 Å². The van der Waals surface area contributed by atoms with Gasteiger partial charge in [0.25, 0.3) is 0 Å². The van der Waals surface area contributed by atoms with Gasteiger partial charge in [0.1, 0.15) is 0 Å². The summed E-state index contributed by atoms with van der Waals surface area (Å²) in [5.74, 6) is 0. The number of pyridine rings is 2. The Bertz CT molecular complexity index is 3100. The van der Waals surface area contributed by atoms with Crippen molar-refractivity contribution in [2.75, 3.05) is 4.90 Å². The minimum atomic E-state index is 1.04. The quantitative estimate of drug-likeness (QED) is 0.162. The van der Waals surface area contributed by atoms with Crippen molar-refractivity contribution >= 4 is 60.7 Å². The molecule has 0 amide bonds. The highest BCUT2D eigenvalue weighted by Gasteiger charge is 2.21. The molecular weight excluding hydrogens is 719 g/mol. The van der Waals surface area contributed by atoms with E-state index in [1.54, 1.807) is 0 Å². The zero-order valence-electron chi connectivity index (χ0n) is 32.8. The molecule has 59 heavy (non-hydrogen) atoms. The van der Waals surface area contributed by atoms with E-state index in [1.807, 2.05) is 24.8 Å². The minimum absolute atomic E-state index is 1.04. The Labute approximate surface area is 342 Å². The third-order valence-electron chi connectivity index (χ3n) is 11.6. The van der Waals surface area contributed by atoms with E-state index in [9.17, 15) is 0 Å². The second-order valence-corrected chi connectivity index (χ2v) is 15.4. The number of benzene rings is 7. The molecule has 0 aliphatic rings. The van der Waals surface area contributed by atoms with Crippen LogP contribution in [0.3, 0.4) is 0 Å². The number of rotatable bonds is 7. The standard InChI is InChI=1S/C54H39N5/c1-36-11-21-53-49(31-36)47-7-3-5-9-51(47)58(53)45-33-44(34-46(35-45)59-52-10-6-4-8-48(52)50-32-37(2)12-22-54(50)59)57(42-17-13-38(14-18-42)40-23-27-55-28-24-40)43-19-15-39(16-20-43)41-25-29-56-30-26-41/h3-35H,1-2H3. The lowest BCUT2D eigenvalue weighted by molar-refractivity contribution is 1.12. The monoisotopic (exact) mass is 757 g/mol. The number of para-hydroxylation sites is 2. The SMILES string of the molecule is Cc1ccc2c(c1)c1ccccc1n2-c1cc(N(c2ccc(-c3ccncc3)cc2)c2ccc(-c3ccncc3)cc2)cc(-n2c3ccccc3c3cc(C)ccc32)c1. The smallest absolute Gasteiger partial charge is 0.0541 e. The number of hydrogen-bond acceptors (Lipinski definition) is 3. The number of aromatic nitrogens is 4. The number of nitrogens with zero attached hydrogens (tertiary/aromatic N) is 5. The number of aryl methyl sites for hydroxylation is 2. The molecule has 0 fully saturated rings. The van der Waals surface area contributed by atoms with Crippen LogP contribution in [0.2, 0.25) is 0 Å². The van der Waals surface area contributed by atoms with Gasteiger partial charge in [0.05, 0.1) is 39.1 Å². The molecule has 0 saturated carbocycles. The van der Waals surface area contributed by atoms with Gasteiger partial charge in [0, 0.05) is 57.7 Å². The van der Waals surface area contributed by atoms with Crippen molar-refractivity contribution < 1.29 is 0 Å². The van der Waals surface area contributed by atoms with Gasteiger partial charge in [-0.1, -0.05) is 83.9 Å². The number of fused-ring (bicyclic) bond motifs is 6. The van der Waals surface area contributed by atoms with Crippen molar-refractivity contribution in [1.29, 1.82) is 0 Å². The average molecular weight is 758 g/mol. The van der Waals surface area contributed by atoms with Crippen molar-refractivity contribution in [3.05, 3.63) is 212 Å². The lowest BCUT2D eigenvalue weighted by Gasteiger charge is -2.28. The molecule has 0 N–H and O–H groups in total. The van der Waals surface area contributed by atoms with Gasteiger partial charge in [-0.25, -0.2) is 0 Å². The Morgan fingerprint density at radius 2 is 0.729 bits per heavy atom. The summed E-state index contributed by atoms with van der Waals surface area (Å²) in [4.78, 5) is 10.9. The Balaban J connectivity index is 1.20. The van der Waals surface area contributed by atoms with Crippen LogP contribution in [0.1, 0.15) is 11.1 Å². The van der Waals surface area contributed by atoms with E-state index < -0.39 is 0 Å². The highest BCUT2D eigenvalue weighted by atomic mass is 15.1. The molecule has 0 aliphatic carbocycles. The van der Waals surface area contributed by atoms with Gasteiger partial charge in [-0.15, -0.1) is 0 Å². The van der Waals surface area contributed by atoms with Crippen LogP contribution in [0.5, 0.6) is 0 Å². The Kier molecular flexibility index (Phi) is 8.19. The first-order valence-electron chi connectivity index (χ1n) is 20.0. The Morgan fingerprint density at radius 1 is 0.339 bits per heavy atom. The first-order chi connectivity index (χ1) is 29.1. The van der Waals surface area contributed by atoms with E-state index in [4.69, 9.17) is 0 Å². The summed E-state index contributed by atoms with van der Waals surface area (Å²) in [6, 6.07) is 64.2. The summed E-state index contributed by atoms with van der Waals surface area (Å²) in [6.07, 6.45) is 7.38. The zero-order chi connectivity index (χ0) is 39.5. The third kappa shape index (κ3) is 5.94. The van der Waals surface area contributed by atoms with Crippen molar-refractivity contribution in [2.24, 2.45) is 0 Å². The van der Waals surface area contributed by atoms with E-state index in [1.165, 1.54) is 54.7 Å². The van der Waals surface area contributed by atoms with E-state index in [-0.39, 0.29) is 0 Å². The summed E-state index contributed by atoms with van der Waals surface area (Å²) >= 11 is 0. The largest absolute Gasteiger partial charge is 0.310 e. The minimum Gasteiger partial charge on any atom is -0.310 e. The number of hydrogen-bond donors (Lipinski definition) is 0. The van der Waals surface area contributed by atoms with Crippen LogP contribution in [-0.4, -0.2) is 19.1 Å². The molecule has 0 bridgehead atoms. The molecule has 4 aromatic heterocycles. The van der Waals surface area contributed by atoms with Gasteiger partial charge < -0.3 is 14.0 Å². The fourth-order valence-electron chi connectivity index (χ4n) is 8.84. The van der Waals surface area contributed by atoms with Crippen LogP contribution in [0, 0.1) is 13.8 Å². The summed E-state index contributed by atoms with van der Waals surface area (Å²) in [6.45, 7) is 4.35. The normalized spacial score (nSPS) is 11.6. The fourth-order valence-corrected chi connectivity index (χ4v) is 8.84. The average Bonchev–Trinajstić information content (AvgIpc) is 3.79. The number of anilines is 3. The molecule has 5 heteroatoms. The van der Waals surface area contributed by atoms with Crippen LogP contribution in [0.4, 0.5) is 17.1 Å². The van der Waals surface area contributed by atoms with Gasteiger partial charge in [-0.3, -0.25) is 9.97 Å². The van der Waals surface area contributed by atoms with E-state index in [2.05, 4.69) is 214 Å². The molecule has 0 radical (unpaired) electrons. The van der Waals surface area contributed by atoms with E-state index in [0.717, 1.165) is 50.7 Å². The van der Waals surface area contributed by atoms with Crippen LogP contribution >= 0.6 is 0 Å². The topological polar surface area (TPSA) is 38.9 Å². The maximum absolute atomic E-state index is 4.25. The second kappa shape index (κ2) is 14.0. The Hall–Kier alpha value is -7.76. The molecule has 11 rings (SSSR count). The Morgan fingerprint density at radius 3 is 1.17 bits per heavy atom. The van der Waals surface area contributed by atoms with Crippen molar-refractivity contribution in [3.63, 3.8) is 0 Å². The van der Waals surface area contributed by atoms with E-state index in [0.29, 0.717) is 0 Å². The molecule has 0 saturated heterocycles. The summed E-state index contributed by atoms with van der Waals surface area (Å²) < 4.78 is 4.87. The lowest BCUT2D eigenvalue weighted by atomic mass is 10.0. The van der Waals surface area contributed by atoms with Crippen molar-refractivity contribution in [1.82, 2.24) is 19.1 Å². The van der Waals surface area contributed by atoms with Gasteiger partial charge in [-0.2, -0.15) is 0 Å². The highest BCUT2D eigenvalue weighted by Crippen LogP contribution is 2.42. The van der Waals surface area contributed by atoms with Crippen LogP contribution in [0.15, 0.2) is 201 Å². The molecule has 280 valence electrons. The van der Waals surface area contributed by atoms with Crippen LogP contribution in [0.25, 0.3) is 77.2 Å². The molecule has 5 nitrogen and oxygen atoms in total. The maximum Gasteiger partial charge on any atom is 0.0541 e. The lowest BCUT2D eigenvalue weighted by Crippen LogP contribution is -2.12. The van der Waals surface area contributed by atoms with Crippen LogP contribution in [-0.2, 0) is 0 Å². The van der Waals surface area contributed by atoms with Gasteiger partial charge in [-0.05, 0) is 139 Å². The molecule has 0 atom stereocenters. The predicted octanol–water partition coefficient (Wildman–Crippen LogP) is 14.1. The van der Waals surface area contributed by atoms with Crippen LogP contribution < -0.4 is 4.90 Å². The fraction of sp³-hybridized carbons (Fsp3) is 0.0370. The predicted molar refractivity (Wildman–Crippen MR) is 246 cm³/mol. The first-order valence-corrected chi connectivity index (χ1v) is 20.0. The molecule has 7 aromatic carbocycles. The summed E-state index contributed by atoms with van der Waals surface area (Å²) in [7, 11) is 0. The summed E-state index contributed by atoms with van der Waals surface area (Å²) in [5.41, 5.74) is 17.0. The zero-order valence-corrected chi connectivity index (χ0v) is 32.8. The van der Waals surface area contributed by atoms with Crippen molar-refractivity contribution in [2.45, 2.75) is 13.8 Å².